The first-order chi connectivity index (χ1) is 0. The second-order valence-corrected chi connectivity index (χ2v) is 0. The standard InChI is InChI=1S/2Bi.7H2O.2Ti/h;;7*1H2;;. The van der Waals surface area contributed by atoms with E-state index in [9.17, 15) is 0 Å². The van der Waals surface area contributed by atoms with Crippen LogP contribution in [-0.2, 0) is 43.4 Å². The maximum atomic E-state index is 0. The van der Waals surface area contributed by atoms with Crippen LogP contribution in [0.3, 0.4) is 0 Å². The van der Waals surface area contributed by atoms with Crippen molar-refractivity contribution in [1.29, 1.82) is 0 Å². The Kier molecular flexibility index (Phi) is 5360. The van der Waals surface area contributed by atoms with Crippen molar-refractivity contribution < 1.29 is 81.8 Å². The molecule has 0 aliphatic rings. The summed E-state index contributed by atoms with van der Waals surface area (Å²) < 4.78 is 0. The van der Waals surface area contributed by atoms with Crippen molar-refractivity contribution in [2.45, 2.75) is 0 Å². The SMILES string of the molecule is O.O.O.O.O.O.O.[Bi].[Bi].[Ti].[Ti]. The zero-order valence-electron chi connectivity index (χ0n) is 5.39. The summed E-state index contributed by atoms with van der Waals surface area (Å²) in [4.78, 5) is 0. The smallest absolute Gasteiger partial charge is 0 e. The van der Waals surface area contributed by atoms with Gasteiger partial charge in [-0.25, -0.2) is 0 Å². The molecule has 0 aromatic carbocycles. The molecule has 0 unspecified atom stereocenters. The second-order valence-electron chi connectivity index (χ2n) is 0. The van der Waals surface area contributed by atoms with Crippen molar-refractivity contribution in [2.24, 2.45) is 0 Å². The molecule has 0 aromatic heterocycles. The second kappa shape index (κ2) is 216. The quantitative estimate of drug-likeness (QED) is 0.226. The van der Waals surface area contributed by atoms with E-state index < -0.39 is 0 Å². The Hall–Kier alpha value is 2.91. The van der Waals surface area contributed by atoms with Gasteiger partial charge >= 0.3 is 0 Å². The van der Waals surface area contributed by atoms with Crippen LogP contribution in [0.2, 0.25) is 0 Å². The largest absolute Gasteiger partial charge is 0.412 e. The van der Waals surface area contributed by atoms with Crippen molar-refractivity contribution in [3.63, 3.8) is 0 Å². The Labute approximate surface area is 132 Å². The van der Waals surface area contributed by atoms with E-state index in [2.05, 4.69) is 0 Å². The molecule has 0 spiro atoms. The fraction of sp³-hybridized carbons (Fsp3) is 0. The fourth-order valence-corrected chi connectivity index (χ4v) is 0. The van der Waals surface area contributed by atoms with E-state index in [4.69, 9.17) is 0 Å². The van der Waals surface area contributed by atoms with Crippen LogP contribution in [0.5, 0.6) is 0 Å². The summed E-state index contributed by atoms with van der Waals surface area (Å²) in [6.45, 7) is 0. The van der Waals surface area contributed by atoms with Gasteiger partial charge in [-0.2, -0.15) is 0 Å². The van der Waals surface area contributed by atoms with Crippen molar-refractivity contribution in [3.8, 4) is 0 Å². The van der Waals surface area contributed by atoms with Crippen molar-refractivity contribution in [1.82, 2.24) is 0 Å². The van der Waals surface area contributed by atoms with E-state index >= 15 is 0 Å². The molecule has 11 heavy (non-hydrogen) atoms. The van der Waals surface area contributed by atoms with Gasteiger partial charge < -0.3 is 38.3 Å². The van der Waals surface area contributed by atoms with Crippen LogP contribution in [0.1, 0.15) is 0 Å². The Morgan fingerprint density at radius 1 is 0.273 bits per heavy atom. The Balaban J connectivity index is 0. The minimum absolute atomic E-state index is 0. The summed E-state index contributed by atoms with van der Waals surface area (Å²) in [6.07, 6.45) is 0. The van der Waals surface area contributed by atoms with E-state index in [1.165, 1.54) is 0 Å². The first-order valence-electron chi connectivity index (χ1n) is 0. The molecule has 0 aliphatic heterocycles. The van der Waals surface area contributed by atoms with Crippen LogP contribution in [0, 0.1) is 0 Å². The molecule has 6 radical (unpaired) electrons. The molecule has 0 heterocycles. The van der Waals surface area contributed by atoms with E-state index in [1.807, 2.05) is 0 Å². The van der Waals surface area contributed by atoms with E-state index in [0.717, 1.165) is 0 Å². The minimum Gasteiger partial charge on any atom is -0.412 e. The topological polar surface area (TPSA) is 220 Å². The van der Waals surface area contributed by atoms with Crippen molar-refractivity contribution in [3.05, 3.63) is 0 Å². The molecule has 7 nitrogen and oxygen atoms in total. The predicted octanol–water partition coefficient (Wildman–Crippen LogP) is -6.54. The molecule has 0 aromatic rings. The first-order valence-corrected chi connectivity index (χ1v) is 0. The van der Waals surface area contributed by atoms with Gasteiger partial charge in [0.2, 0.25) is 0 Å². The molecular weight excluding hydrogens is 626 g/mol. The third kappa shape index (κ3) is 181. The number of hydrogen-bond donors (Lipinski definition) is 0. The third-order valence-corrected chi connectivity index (χ3v) is 0. The summed E-state index contributed by atoms with van der Waals surface area (Å²) in [5, 5.41) is 0. The molecule has 0 saturated heterocycles. The number of rotatable bonds is 0. The molecule has 0 bridgehead atoms. The minimum atomic E-state index is 0. The van der Waals surface area contributed by atoms with E-state index in [0.29, 0.717) is 0 Å². The van der Waals surface area contributed by atoms with Crippen LogP contribution in [0.4, 0.5) is 0 Å². The average Bonchev–Trinajstić information content (AvgIpc) is 0. The first kappa shape index (κ1) is 273. The summed E-state index contributed by atoms with van der Waals surface area (Å²) in [6, 6.07) is 0. The van der Waals surface area contributed by atoms with Crippen LogP contribution >= 0.6 is 0 Å². The molecule has 0 fully saturated rings. The predicted molar refractivity (Wildman–Crippen MR) is 36.8 cm³/mol. The van der Waals surface area contributed by atoms with Crippen molar-refractivity contribution >= 4 is 52.4 Å². The molecule has 0 aliphatic carbocycles. The molecule has 0 rings (SSSR count). The van der Waals surface area contributed by atoms with Crippen molar-refractivity contribution in [2.75, 3.05) is 0 Å². The van der Waals surface area contributed by atoms with Crippen LogP contribution in [0.25, 0.3) is 0 Å². The van der Waals surface area contributed by atoms with Crippen LogP contribution in [0.15, 0.2) is 0 Å². The fourth-order valence-electron chi connectivity index (χ4n) is 0. The summed E-state index contributed by atoms with van der Waals surface area (Å²) in [5.41, 5.74) is 0. The maximum absolute atomic E-state index is 0. The van der Waals surface area contributed by atoms with Gasteiger partial charge in [-0.3, -0.25) is 0 Å². The molecule has 0 atom stereocenters. The summed E-state index contributed by atoms with van der Waals surface area (Å²) in [7, 11) is 0. The Bertz CT molecular complexity index is 14.4. The Morgan fingerprint density at radius 3 is 0.273 bits per heavy atom. The van der Waals surface area contributed by atoms with Gasteiger partial charge in [-0.1, -0.05) is 0 Å². The monoisotopic (exact) mass is 640 g/mol. The van der Waals surface area contributed by atoms with Gasteiger partial charge in [0.1, 0.15) is 0 Å². The van der Waals surface area contributed by atoms with Gasteiger partial charge in [0.05, 0.1) is 0 Å². The Morgan fingerprint density at radius 2 is 0.273 bits per heavy atom. The molecule has 0 saturated carbocycles. The third-order valence-electron chi connectivity index (χ3n) is 0. The maximum Gasteiger partial charge on any atom is 0 e. The summed E-state index contributed by atoms with van der Waals surface area (Å²) in [5.74, 6) is 0. The zero-order chi connectivity index (χ0) is 0. The van der Waals surface area contributed by atoms with E-state index in [-0.39, 0.29) is 134 Å². The normalized spacial score (nSPS) is 0. The summed E-state index contributed by atoms with van der Waals surface area (Å²) >= 11 is 0. The molecular formula is H14Bi2O7Ti2. The number of hydrogen-bond acceptors (Lipinski definition) is 0. The average molecular weight is 640 g/mol. The zero-order valence-corrected chi connectivity index (χ0v) is 15.5. The molecule has 74 valence electrons. The van der Waals surface area contributed by atoms with Gasteiger partial charge in [0.25, 0.3) is 0 Å². The van der Waals surface area contributed by atoms with E-state index in [1.54, 1.807) is 0 Å². The van der Waals surface area contributed by atoms with Gasteiger partial charge in [0, 0.05) is 95.8 Å². The van der Waals surface area contributed by atoms with Gasteiger partial charge in [-0.05, 0) is 0 Å². The van der Waals surface area contributed by atoms with Crippen LogP contribution in [-0.4, -0.2) is 90.7 Å². The van der Waals surface area contributed by atoms with Gasteiger partial charge in [-0.15, -0.1) is 0 Å². The molecule has 0 amide bonds. The van der Waals surface area contributed by atoms with Gasteiger partial charge in [0.15, 0.2) is 0 Å². The molecule has 11 heteroatoms. The molecule has 14 N–H and O–H groups in total. The van der Waals surface area contributed by atoms with Crippen LogP contribution < -0.4 is 0 Å².